The molecule has 32 heavy (non-hydrogen) atoms. The Morgan fingerprint density at radius 3 is 2.25 bits per heavy atom. The molecule has 3 fully saturated rings. The van der Waals surface area contributed by atoms with Crippen LogP contribution in [0.1, 0.15) is 102 Å². The maximum absolute atomic E-state index is 14.6. The van der Waals surface area contributed by atoms with Crippen molar-refractivity contribution >= 4 is 0 Å². The fraction of sp³-hybridized carbons (Fsp3) is 0.786. The van der Waals surface area contributed by atoms with Crippen LogP contribution in [0.5, 0.6) is 5.75 Å². The van der Waals surface area contributed by atoms with E-state index in [1.165, 1.54) is 51.4 Å². The van der Waals surface area contributed by atoms with Gasteiger partial charge in [-0.2, -0.15) is 4.39 Å². The second kappa shape index (κ2) is 11.3. The number of halogens is 2. The van der Waals surface area contributed by atoms with Crippen LogP contribution in [0, 0.1) is 35.3 Å². The summed E-state index contributed by atoms with van der Waals surface area (Å²) in [7, 11) is 0. The molecule has 0 bridgehead atoms. The molecule has 3 saturated carbocycles. The molecule has 0 amide bonds. The highest BCUT2D eigenvalue weighted by molar-refractivity contribution is 5.33. The molecule has 1 aromatic rings. The fourth-order valence-corrected chi connectivity index (χ4v) is 6.99. The van der Waals surface area contributed by atoms with Crippen LogP contribution in [-0.4, -0.2) is 19.3 Å². The summed E-state index contributed by atoms with van der Waals surface area (Å²) in [6, 6.07) is 3.29. The quantitative estimate of drug-likeness (QED) is 0.337. The lowest BCUT2D eigenvalue weighted by atomic mass is 9.82. The molecule has 0 spiro atoms. The van der Waals surface area contributed by atoms with Crippen LogP contribution in [0.15, 0.2) is 12.1 Å². The minimum atomic E-state index is -0.844. The molecule has 180 valence electrons. The van der Waals surface area contributed by atoms with E-state index in [1.807, 2.05) is 0 Å². The number of unbranched alkanes of at least 4 members (excludes halogenated alkanes) is 2. The van der Waals surface area contributed by atoms with Crippen LogP contribution < -0.4 is 4.74 Å². The Morgan fingerprint density at radius 2 is 1.53 bits per heavy atom. The largest absolute Gasteiger partial charge is 0.491 e. The van der Waals surface area contributed by atoms with Crippen LogP contribution in [0.4, 0.5) is 8.78 Å². The van der Waals surface area contributed by atoms with Gasteiger partial charge in [0.2, 0.25) is 5.82 Å². The highest BCUT2D eigenvalue weighted by Crippen LogP contribution is 2.52. The minimum absolute atomic E-state index is 0.0140. The third-order valence-electron chi connectivity index (χ3n) is 8.72. The van der Waals surface area contributed by atoms with Crippen LogP contribution >= 0.6 is 0 Å². The van der Waals surface area contributed by atoms with Crippen molar-refractivity contribution in [1.82, 2.24) is 0 Å². The first kappa shape index (κ1) is 24.0. The summed E-state index contributed by atoms with van der Waals surface area (Å²) in [6.45, 7) is 5.31. The summed E-state index contributed by atoms with van der Waals surface area (Å²) < 4.78 is 40.5. The second-order valence-corrected chi connectivity index (χ2v) is 10.5. The number of ether oxygens (including phenoxy) is 2. The number of hydrogen-bond donors (Lipinski definition) is 0. The average Bonchev–Trinajstić information content (AvgIpc) is 3.39. The summed E-state index contributed by atoms with van der Waals surface area (Å²) in [4.78, 5) is 0. The van der Waals surface area contributed by atoms with Gasteiger partial charge in [0.25, 0.3) is 0 Å². The second-order valence-electron chi connectivity index (χ2n) is 10.5. The molecule has 2 nitrogen and oxygen atoms in total. The van der Waals surface area contributed by atoms with Crippen molar-refractivity contribution in [3.63, 3.8) is 0 Å². The Balaban J connectivity index is 1.22. The first-order valence-electron chi connectivity index (χ1n) is 13.3. The molecule has 1 aromatic carbocycles. The van der Waals surface area contributed by atoms with E-state index in [-0.39, 0.29) is 17.8 Å². The zero-order valence-corrected chi connectivity index (χ0v) is 20.1. The molecule has 0 N–H and O–H groups in total. The number of fused-ring (bicyclic) bond motifs is 1. The Labute approximate surface area is 193 Å². The van der Waals surface area contributed by atoms with Crippen LogP contribution in [-0.2, 0) is 4.74 Å². The predicted molar refractivity (Wildman–Crippen MR) is 125 cm³/mol. The molecular weight excluding hydrogens is 406 g/mol. The summed E-state index contributed by atoms with van der Waals surface area (Å²) in [5.41, 5.74) is 0.503. The summed E-state index contributed by atoms with van der Waals surface area (Å²) in [6.07, 6.45) is 15.0. The third-order valence-corrected chi connectivity index (χ3v) is 8.72. The SMILES string of the molecule is CCCCCC1CCC2C(COC3CCC(c4ccc(OCC)c(F)c4F)CC3)CCC12. The van der Waals surface area contributed by atoms with Crippen LogP contribution in [0.25, 0.3) is 0 Å². The summed E-state index contributed by atoms with van der Waals surface area (Å²) in [5.74, 6) is 2.07. The zero-order valence-electron chi connectivity index (χ0n) is 20.1. The van der Waals surface area contributed by atoms with E-state index < -0.39 is 11.6 Å². The normalized spacial score (nSPS) is 32.2. The van der Waals surface area contributed by atoms with Crippen molar-refractivity contribution in [2.45, 2.75) is 103 Å². The van der Waals surface area contributed by atoms with Gasteiger partial charge in [0.15, 0.2) is 11.6 Å². The predicted octanol–water partition coefficient (Wildman–Crippen LogP) is 8.04. The van der Waals surface area contributed by atoms with Crippen molar-refractivity contribution in [1.29, 1.82) is 0 Å². The van der Waals surface area contributed by atoms with E-state index in [0.717, 1.165) is 56.0 Å². The summed E-state index contributed by atoms with van der Waals surface area (Å²) >= 11 is 0. The molecule has 0 aromatic heterocycles. The first-order chi connectivity index (χ1) is 15.6. The molecule has 4 heteroatoms. The fourth-order valence-electron chi connectivity index (χ4n) is 6.99. The lowest BCUT2D eigenvalue weighted by molar-refractivity contribution is -0.00340. The van der Waals surface area contributed by atoms with Gasteiger partial charge in [-0.15, -0.1) is 0 Å². The molecule has 0 saturated heterocycles. The smallest absolute Gasteiger partial charge is 0.200 e. The highest BCUT2D eigenvalue weighted by atomic mass is 19.2. The van der Waals surface area contributed by atoms with Gasteiger partial charge in [-0.05, 0) is 99.5 Å². The van der Waals surface area contributed by atoms with Crippen molar-refractivity contribution < 1.29 is 18.3 Å². The van der Waals surface area contributed by atoms with E-state index in [1.54, 1.807) is 19.1 Å². The number of hydrogen-bond acceptors (Lipinski definition) is 2. The van der Waals surface area contributed by atoms with Gasteiger partial charge in [-0.1, -0.05) is 38.7 Å². The van der Waals surface area contributed by atoms with E-state index in [4.69, 9.17) is 9.47 Å². The Hall–Kier alpha value is -1.16. The average molecular weight is 449 g/mol. The monoisotopic (exact) mass is 448 g/mol. The number of benzene rings is 1. The van der Waals surface area contributed by atoms with E-state index in [0.29, 0.717) is 12.2 Å². The van der Waals surface area contributed by atoms with Gasteiger partial charge >= 0.3 is 0 Å². The van der Waals surface area contributed by atoms with E-state index in [9.17, 15) is 8.78 Å². The Kier molecular flexibility index (Phi) is 8.48. The zero-order chi connectivity index (χ0) is 22.5. The van der Waals surface area contributed by atoms with Gasteiger partial charge in [-0.25, -0.2) is 4.39 Å². The maximum atomic E-state index is 14.6. The van der Waals surface area contributed by atoms with Gasteiger partial charge in [0.1, 0.15) is 0 Å². The molecular formula is C28H42F2O2. The lowest BCUT2D eigenvalue weighted by Crippen LogP contribution is -2.25. The standard InChI is InChI=1S/C28H42F2O2/c1-3-5-6-7-19-10-14-24-21(11-15-23(19)24)18-32-22-12-8-20(9-13-22)25-16-17-26(31-4-2)28(30)27(25)29/h16-17,19-24H,3-15,18H2,1-2H3. The molecule has 4 rings (SSSR count). The third kappa shape index (κ3) is 5.32. The minimum Gasteiger partial charge on any atom is -0.491 e. The molecule has 0 radical (unpaired) electrons. The number of rotatable bonds is 10. The van der Waals surface area contributed by atoms with Gasteiger partial charge < -0.3 is 9.47 Å². The molecule has 3 aliphatic rings. The Bertz CT molecular complexity index is 728. The van der Waals surface area contributed by atoms with Crippen LogP contribution in [0.2, 0.25) is 0 Å². The van der Waals surface area contributed by atoms with Crippen molar-refractivity contribution in [3.8, 4) is 5.75 Å². The van der Waals surface area contributed by atoms with Crippen molar-refractivity contribution in [2.75, 3.05) is 13.2 Å². The molecule has 4 unspecified atom stereocenters. The molecule has 0 aliphatic heterocycles. The van der Waals surface area contributed by atoms with Crippen LogP contribution in [0.3, 0.4) is 0 Å². The molecule has 0 heterocycles. The van der Waals surface area contributed by atoms with Gasteiger partial charge in [0, 0.05) is 0 Å². The van der Waals surface area contributed by atoms with Gasteiger partial charge in [0.05, 0.1) is 19.3 Å². The van der Waals surface area contributed by atoms with Crippen molar-refractivity contribution in [3.05, 3.63) is 29.3 Å². The van der Waals surface area contributed by atoms with E-state index >= 15 is 0 Å². The van der Waals surface area contributed by atoms with Crippen molar-refractivity contribution in [2.24, 2.45) is 23.7 Å². The van der Waals surface area contributed by atoms with E-state index in [2.05, 4.69) is 6.92 Å². The molecule has 4 atom stereocenters. The summed E-state index contributed by atoms with van der Waals surface area (Å²) in [5, 5.41) is 0. The molecule has 3 aliphatic carbocycles. The Morgan fingerprint density at radius 1 is 0.812 bits per heavy atom. The van der Waals surface area contributed by atoms with Gasteiger partial charge in [-0.3, -0.25) is 0 Å². The maximum Gasteiger partial charge on any atom is 0.200 e. The highest BCUT2D eigenvalue weighted by Gasteiger charge is 2.44. The lowest BCUT2D eigenvalue weighted by Gasteiger charge is -2.30. The topological polar surface area (TPSA) is 18.5 Å². The first-order valence-corrected chi connectivity index (χ1v) is 13.3.